The van der Waals surface area contributed by atoms with Crippen LogP contribution in [0.15, 0.2) is 97.1 Å². The molecule has 8 heteroatoms. The molecule has 0 atom stereocenters. The van der Waals surface area contributed by atoms with Crippen LogP contribution in [0.1, 0.15) is 27.1 Å². The highest BCUT2D eigenvalue weighted by Gasteiger charge is 2.20. The van der Waals surface area contributed by atoms with Gasteiger partial charge in [-0.15, -0.1) is 0 Å². The molecule has 7 rings (SSSR count). The zero-order valence-electron chi connectivity index (χ0n) is 26.1. The van der Waals surface area contributed by atoms with E-state index in [1.165, 1.54) is 0 Å². The van der Waals surface area contributed by atoms with E-state index in [2.05, 4.69) is 27.1 Å². The largest absolute Gasteiger partial charge is 0.353 e. The minimum absolute atomic E-state index is 0.115. The van der Waals surface area contributed by atoms with Gasteiger partial charge in [0.2, 0.25) is 0 Å². The van der Waals surface area contributed by atoms with E-state index >= 15 is 0 Å². The monoisotopic (exact) mass is 608 g/mol. The number of Topliss-reactive ketones (excluding diaryl/α,β-unsaturated/α-hetero) is 1. The van der Waals surface area contributed by atoms with Crippen molar-refractivity contribution in [2.24, 2.45) is 0 Å². The molecule has 0 saturated heterocycles. The summed E-state index contributed by atoms with van der Waals surface area (Å²) in [5, 5.41) is 6.78. The van der Waals surface area contributed by atoms with Gasteiger partial charge in [0, 0.05) is 71.8 Å². The van der Waals surface area contributed by atoms with E-state index < -0.39 is 0 Å². The van der Waals surface area contributed by atoms with Crippen LogP contribution in [0.3, 0.4) is 0 Å². The van der Waals surface area contributed by atoms with E-state index in [0.29, 0.717) is 31.6 Å². The molecule has 46 heavy (non-hydrogen) atoms. The lowest BCUT2D eigenvalue weighted by molar-refractivity contribution is 0.0951. The summed E-state index contributed by atoms with van der Waals surface area (Å²) in [5.41, 5.74) is 6.39. The highest BCUT2D eigenvalue weighted by atomic mass is 16.1. The van der Waals surface area contributed by atoms with Gasteiger partial charge in [-0.25, -0.2) is 9.97 Å². The number of hydrogen-bond donors (Lipinski definition) is 2. The van der Waals surface area contributed by atoms with Gasteiger partial charge in [0.25, 0.3) is 5.91 Å². The van der Waals surface area contributed by atoms with Crippen molar-refractivity contribution in [2.75, 3.05) is 46.8 Å². The lowest BCUT2D eigenvalue weighted by atomic mass is 9.97. The number of hydrogen-bond acceptors (Lipinski definition) is 6. The topological polar surface area (TPSA) is 94.2 Å². The number of aromatic nitrogens is 3. The van der Waals surface area contributed by atoms with Crippen LogP contribution in [0.25, 0.3) is 54.6 Å². The maximum Gasteiger partial charge on any atom is 0.254 e. The molecule has 0 aliphatic rings. The third-order valence-corrected chi connectivity index (χ3v) is 8.79. The molecule has 0 saturated carbocycles. The van der Waals surface area contributed by atoms with E-state index in [-0.39, 0.29) is 11.7 Å². The molecular weight excluding hydrogens is 572 g/mol. The molecule has 0 fully saturated rings. The first-order valence-electron chi connectivity index (χ1n) is 15.7. The van der Waals surface area contributed by atoms with Crippen molar-refractivity contribution in [3.63, 3.8) is 0 Å². The molecule has 3 aromatic heterocycles. The van der Waals surface area contributed by atoms with E-state index in [9.17, 15) is 9.59 Å². The van der Waals surface area contributed by atoms with Gasteiger partial charge < -0.3 is 20.1 Å². The summed E-state index contributed by atoms with van der Waals surface area (Å²) in [6.45, 7) is 3.49. The summed E-state index contributed by atoms with van der Waals surface area (Å²) in [4.78, 5) is 44.6. The fourth-order valence-electron chi connectivity index (χ4n) is 6.27. The molecule has 0 unspecified atom stereocenters. The number of rotatable bonds is 11. The number of amides is 1. The van der Waals surface area contributed by atoms with E-state index in [4.69, 9.17) is 9.97 Å². The highest BCUT2D eigenvalue weighted by Crippen LogP contribution is 2.31. The average Bonchev–Trinajstić information content (AvgIpc) is 3.45. The van der Waals surface area contributed by atoms with E-state index in [1.807, 2.05) is 104 Å². The number of aromatic amines is 1. The molecule has 4 aromatic carbocycles. The van der Waals surface area contributed by atoms with Crippen molar-refractivity contribution in [1.29, 1.82) is 0 Å². The van der Waals surface area contributed by atoms with Crippen molar-refractivity contribution < 1.29 is 9.59 Å². The van der Waals surface area contributed by atoms with Crippen LogP contribution in [-0.2, 0) is 0 Å². The maximum absolute atomic E-state index is 13.6. The van der Waals surface area contributed by atoms with Gasteiger partial charge in [0.1, 0.15) is 0 Å². The van der Waals surface area contributed by atoms with Gasteiger partial charge >= 0.3 is 0 Å². The predicted molar refractivity (Wildman–Crippen MR) is 187 cm³/mol. The summed E-state index contributed by atoms with van der Waals surface area (Å²) in [6.07, 6.45) is 0.427. The number of H-pyrrole nitrogens is 1. The normalized spacial score (nSPS) is 11.9. The van der Waals surface area contributed by atoms with Gasteiger partial charge in [-0.3, -0.25) is 9.59 Å². The number of likely N-dealkylation sites (N-methyl/N-ethyl adjacent to an activating group) is 2. The SMILES string of the molecule is CN(CCNC(=O)c1c2ccccc2nc2c1[nH]c1ccccc12)CCN(C)CCC(=O)c1c2ccccc2nc2ccccc12. The van der Waals surface area contributed by atoms with Crippen molar-refractivity contribution in [3.8, 4) is 0 Å². The summed E-state index contributed by atoms with van der Waals surface area (Å²) in [7, 11) is 4.10. The predicted octanol–water partition coefficient (Wildman–Crippen LogP) is 6.44. The first-order chi connectivity index (χ1) is 22.5. The molecule has 0 aliphatic heterocycles. The van der Waals surface area contributed by atoms with Crippen LogP contribution in [-0.4, -0.2) is 83.3 Å². The van der Waals surface area contributed by atoms with Gasteiger partial charge in [0.15, 0.2) is 5.78 Å². The number of para-hydroxylation sites is 4. The number of nitrogens with one attached hydrogen (secondary N) is 2. The second-order valence-electron chi connectivity index (χ2n) is 12.0. The zero-order valence-corrected chi connectivity index (χ0v) is 26.1. The second-order valence-corrected chi connectivity index (χ2v) is 12.0. The minimum Gasteiger partial charge on any atom is -0.353 e. The first kappa shape index (κ1) is 29.5. The molecule has 8 nitrogen and oxygen atoms in total. The Labute approximate surface area is 267 Å². The summed E-state index contributed by atoms with van der Waals surface area (Å²) < 4.78 is 0. The summed E-state index contributed by atoms with van der Waals surface area (Å²) >= 11 is 0. The van der Waals surface area contributed by atoms with Crippen LogP contribution < -0.4 is 5.32 Å². The quantitative estimate of drug-likeness (QED) is 0.130. The number of benzene rings is 4. The zero-order chi connectivity index (χ0) is 31.6. The van der Waals surface area contributed by atoms with Crippen LogP contribution in [0.5, 0.6) is 0 Å². The Hall–Kier alpha value is -5.18. The van der Waals surface area contributed by atoms with Crippen LogP contribution in [0.2, 0.25) is 0 Å². The molecule has 0 bridgehead atoms. The molecule has 2 N–H and O–H groups in total. The van der Waals surface area contributed by atoms with E-state index in [0.717, 1.165) is 73.3 Å². The fraction of sp³-hybridized carbons (Fsp3) is 0.211. The van der Waals surface area contributed by atoms with Gasteiger partial charge in [-0.2, -0.15) is 0 Å². The Morgan fingerprint density at radius 3 is 1.80 bits per heavy atom. The Balaban J connectivity index is 0.954. The van der Waals surface area contributed by atoms with Crippen LogP contribution in [0, 0.1) is 0 Å². The second kappa shape index (κ2) is 12.7. The third kappa shape index (κ3) is 5.69. The Morgan fingerprint density at radius 2 is 1.15 bits per heavy atom. The highest BCUT2D eigenvalue weighted by molar-refractivity contribution is 6.20. The lowest BCUT2D eigenvalue weighted by Gasteiger charge is -2.22. The van der Waals surface area contributed by atoms with E-state index in [1.54, 1.807) is 0 Å². The molecule has 3 heterocycles. The van der Waals surface area contributed by atoms with Gasteiger partial charge in [-0.05, 0) is 38.4 Å². The van der Waals surface area contributed by atoms with Crippen molar-refractivity contribution in [3.05, 3.63) is 108 Å². The molecular formula is C38H36N6O2. The summed E-state index contributed by atoms with van der Waals surface area (Å²) in [6, 6.07) is 31.5. The molecule has 7 aromatic rings. The maximum atomic E-state index is 13.6. The Morgan fingerprint density at radius 1 is 0.630 bits per heavy atom. The number of fused-ring (bicyclic) bond motifs is 6. The third-order valence-electron chi connectivity index (χ3n) is 8.79. The molecule has 0 spiro atoms. The lowest BCUT2D eigenvalue weighted by Crippen LogP contribution is -2.37. The molecule has 0 radical (unpaired) electrons. The number of ketones is 1. The molecule has 0 aliphatic carbocycles. The fourth-order valence-corrected chi connectivity index (χ4v) is 6.27. The Bertz CT molecular complexity index is 2190. The van der Waals surface area contributed by atoms with Gasteiger partial charge in [-0.1, -0.05) is 72.8 Å². The summed E-state index contributed by atoms with van der Waals surface area (Å²) in [5.74, 6) is 0.0146. The minimum atomic E-state index is -0.115. The van der Waals surface area contributed by atoms with Gasteiger partial charge in [0.05, 0.1) is 33.1 Å². The van der Waals surface area contributed by atoms with Crippen molar-refractivity contribution >= 4 is 66.3 Å². The molecule has 230 valence electrons. The Kier molecular flexibility index (Phi) is 8.13. The van der Waals surface area contributed by atoms with Crippen molar-refractivity contribution in [1.82, 2.24) is 30.1 Å². The number of nitrogens with zero attached hydrogens (tertiary/aromatic N) is 4. The molecule has 1 amide bonds. The first-order valence-corrected chi connectivity index (χ1v) is 15.7. The number of carbonyl (C=O) groups is 2. The smallest absolute Gasteiger partial charge is 0.254 e. The van der Waals surface area contributed by atoms with Crippen molar-refractivity contribution in [2.45, 2.75) is 6.42 Å². The average molecular weight is 609 g/mol. The standard InChI is InChI=1S/C38H36N6O2/c1-43(21-19-33(45)34-25-11-3-7-15-29(25)40-30-16-8-4-12-26(30)34)23-24-44(2)22-20-39-38(46)35-27-13-5-9-17-31(27)41-36-28-14-6-10-18-32(28)42-37(35)36/h3-18,42H,19-24H2,1-2H3,(H,39,46). The van der Waals surface area contributed by atoms with Crippen LogP contribution in [0.4, 0.5) is 0 Å². The van der Waals surface area contributed by atoms with Crippen LogP contribution >= 0.6 is 0 Å². The number of carbonyl (C=O) groups excluding carboxylic acids is 2. The number of pyridine rings is 2.